The van der Waals surface area contributed by atoms with Crippen LogP contribution in [0, 0.1) is 0 Å². The predicted molar refractivity (Wildman–Crippen MR) is 78.3 cm³/mol. The lowest BCUT2D eigenvalue weighted by molar-refractivity contribution is 0.102. The normalized spacial score (nSPS) is 10.4. The number of hydrogen-bond acceptors (Lipinski definition) is 4. The molecular formula is C15H12N4O. The number of hydrogen-bond donors (Lipinski definition) is 2. The number of aromatic nitrogens is 2. The standard InChI is InChI=1S/C15H12N4O/c16-12-9-17-8-6-14(12)19-15(20)11-3-1-5-13-10(11)4-2-7-18-13/h1-9H,16H2,(H,17,19,20). The van der Waals surface area contributed by atoms with Crippen molar-refractivity contribution in [1.82, 2.24) is 9.97 Å². The number of nitrogens with two attached hydrogens (primary N) is 1. The van der Waals surface area contributed by atoms with Gasteiger partial charge in [0.1, 0.15) is 0 Å². The lowest BCUT2D eigenvalue weighted by Crippen LogP contribution is -2.13. The number of nitrogens with one attached hydrogen (secondary N) is 1. The minimum Gasteiger partial charge on any atom is -0.396 e. The first-order valence-corrected chi connectivity index (χ1v) is 6.10. The highest BCUT2D eigenvalue weighted by atomic mass is 16.1. The molecule has 0 aliphatic carbocycles. The van der Waals surface area contributed by atoms with Gasteiger partial charge in [0, 0.05) is 23.3 Å². The van der Waals surface area contributed by atoms with Gasteiger partial charge < -0.3 is 11.1 Å². The third kappa shape index (κ3) is 2.16. The molecule has 0 saturated heterocycles. The van der Waals surface area contributed by atoms with Crippen molar-refractivity contribution in [3.8, 4) is 0 Å². The molecule has 0 atom stereocenters. The van der Waals surface area contributed by atoms with Crippen LogP contribution in [-0.2, 0) is 0 Å². The van der Waals surface area contributed by atoms with Crippen molar-refractivity contribution < 1.29 is 4.79 Å². The Morgan fingerprint density at radius 3 is 2.85 bits per heavy atom. The van der Waals surface area contributed by atoms with Crippen LogP contribution in [0.4, 0.5) is 11.4 Å². The molecule has 0 saturated carbocycles. The van der Waals surface area contributed by atoms with Crippen LogP contribution in [0.25, 0.3) is 10.9 Å². The average molecular weight is 264 g/mol. The van der Waals surface area contributed by atoms with Gasteiger partial charge in [0.15, 0.2) is 0 Å². The molecule has 3 aromatic rings. The van der Waals surface area contributed by atoms with E-state index in [0.29, 0.717) is 16.9 Å². The molecule has 0 bridgehead atoms. The van der Waals surface area contributed by atoms with Crippen molar-refractivity contribution in [2.45, 2.75) is 0 Å². The van der Waals surface area contributed by atoms with Crippen molar-refractivity contribution in [3.05, 3.63) is 60.6 Å². The van der Waals surface area contributed by atoms with Crippen molar-refractivity contribution in [2.24, 2.45) is 0 Å². The molecule has 0 aliphatic heterocycles. The highest BCUT2D eigenvalue weighted by Crippen LogP contribution is 2.20. The monoisotopic (exact) mass is 264 g/mol. The first-order valence-electron chi connectivity index (χ1n) is 6.10. The van der Waals surface area contributed by atoms with Crippen molar-refractivity contribution in [1.29, 1.82) is 0 Å². The first kappa shape index (κ1) is 12.1. The SMILES string of the molecule is Nc1cnccc1NC(=O)c1cccc2ncccc12. The Morgan fingerprint density at radius 2 is 2.00 bits per heavy atom. The van der Waals surface area contributed by atoms with Gasteiger partial charge in [0.2, 0.25) is 0 Å². The van der Waals surface area contributed by atoms with E-state index in [2.05, 4.69) is 15.3 Å². The van der Waals surface area contributed by atoms with E-state index in [-0.39, 0.29) is 5.91 Å². The van der Waals surface area contributed by atoms with Gasteiger partial charge >= 0.3 is 0 Å². The van der Waals surface area contributed by atoms with Crippen LogP contribution in [0.2, 0.25) is 0 Å². The summed E-state index contributed by atoms with van der Waals surface area (Å²) >= 11 is 0. The molecule has 3 N–H and O–H groups in total. The number of benzene rings is 1. The topological polar surface area (TPSA) is 80.9 Å². The molecule has 0 fully saturated rings. The fourth-order valence-electron chi connectivity index (χ4n) is 2.01. The summed E-state index contributed by atoms with van der Waals surface area (Å²) < 4.78 is 0. The molecule has 5 heteroatoms. The molecule has 2 aromatic heterocycles. The van der Waals surface area contributed by atoms with Crippen LogP contribution >= 0.6 is 0 Å². The molecule has 0 spiro atoms. The molecule has 3 rings (SSSR count). The Bertz CT molecular complexity index is 780. The molecule has 98 valence electrons. The highest BCUT2D eigenvalue weighted by Gasteiger charge is 2.11. The van der Waals surface area contributed by atoms with E-state index in [4.69, 9.17) is 5.73 Å². The van der Waals surface area contributed by atoms with Gasteiger partial charge in [-0.2, -0.15) is 0 Å². The first-order chi connectivity index (χ1) is 9.75. The Kier molecular flexibility index (Phi) is 3.01. The molecule has 5 nitrogen and oxygen atoms in total. The molecule has 20 heavy (non-hydrogen) atoms. The molecular weight excluding hydrogens is 252 g/mol. The third-order valence-corrected chi connectivity index (χ3v) is 2.99. The summed E-state index contributed by atoms with van der Waals surface area (Å²) in [5, 5.41) is 3.59. The second-order valence-electron chi connectivity index (χ2n) is 4.29. The Balaban J connectivity index is 1.99. The van der Waals surface area contributed by atoms with Crippen molar-refractivity contribution in [2.75, 3.05) is 11.1 Å². The van der Waals surface area contributed by atoms with Crippen LogP contribution in [-0.4, -0.2) is 15.9 Å². The summed E-state index contributed by atoms with van der Waals surface area (Å²) in [5.41, 5.74) is 8.09. The lowest BCUT2D eigenvalue weighted by Gasteiger charge is -2.09. The second kappa shape index (κ2) is 4.97. The van der Waals surface area contributed by atoms with Gasteiger partial charge in [0.05, 0.1) is 23.1 Å². The third-order valence-electron chi connectivity index (χ3n) is 2.99. The quantitative estimate of drug-likeness (QED) is 0.745. The maximum atomic E-state index is 12.4. The number of pyridine rings is 2. The predicted octanol–water partition coefficient (Wildman–Crippen LogP) is 2.46. The van der Waals surface area contributed by atoms with E-state index in [1.165, 1.54) is 6.20 Å². The number of amides is 1. The zero-order valence-electron chi connectivity index (χ0n) is 10.6. The minimum absolute atomic E-state index is 0.221. The fourth-order valence-corrected chi connectivity index (χ4v) is 2.01. The molecule has 0 aliphatic rings. The van der Waals surface area contributed by atoms with E-state index >= 15 is 0 Å². The average Bonchev–Trinajstić information content (AvgIpc) is 2.49. The number of rotatable bonds is 2. The second-order valence-corrected chi connectivity index (χ2v) is 4.29. The van der Waals surface area contributed by atoms with Crippen molar-refractivity contribution >= 4 is 28.2 Å². The number of carbonyl (C=O) groups is 1. The maximum Gasteiger partial charge on any atom is 0.256 e. The number of nitrogen functional groups attached to an aromatic ring is 1. The van der Waals surface area contributed by atoms with E-state index < -0.39 is 0 Å². The minimum atomic E-state index is -0.221. The summed E-state index contributed by atoms with van der Waals surface area (Å²) in [4.78, 5) is 20.5. The number of fused-ring (bicyclic) bond motifs is 1. The van der Waals surface area contributed by atoms with Crippen LogP contribution < -0.4 is 11.1 Å². The van der Waals surface area contributed by atoms with Crippen LogP contribution in [0.5, 0.6) is 0 Å². The largest absolute Gasteiger partial charge is 0.396 e. The summed E-state index contributed by atoms with van der Waals surface area (Å²) in [6.45, 7) is 0. The zero-order chi connectivity index (χ0) is 13.9. The maximum absolute atomic E-state index is 12.4. The molecule has 2 heterocycles. The van der Waals surface area contributed by atoms with Gasteiger partial charge in [-0.05, 0) is 24.3 Å². The number of anilines is 2. The van der Waals surface area contributed by atoms with Crippen LogP contribution in [0.1, 0.15) is 10.4 Å². The Morgan fingerprint density at radius 1 is 1.10 bits per heavy atom. The molecule has 1 amide bonds. The Labute approximate surface area is 115 Å². The zero-order valence-corrected chi connectivity index (χ0v) is 10.6. The molecule has 1 aromatic carbocycles. The van der Waals surface area contributed by atoms with E-state index in [1.54, 1.807) is 36.7 Å². The number of carbonyl (C=O) groups excluding carboxylic acids is 1. The van der Waals surface area contributed by atoms with E-state index in [0.717, 1.165) is 10.9 Å². The fraction of sp³-hybridized carbons (Fsp3) is 0. The summed E-state index contributed by atoms with van der Waals surface area (Å²) in [6.07, 6.45) is 4.78. The number of nitrogens with zero attached hydrogens (tertiary/aromatic N) is 2. The lowest BCUT2D eigenvalue weighted by atomic mass is 10.1. The smallest absolute Gasteiger partial charge is 0.256 e. The summed E-state index contributed by atoms with van der Waals surface area (Å²) in [5.74, 6) is -0.221. The Hall–Kier alpha value is -2.95. The van der Waals surface area contributed by atoms with Gasteiger partial charge in [-0.1, -0.05) is 12.1 Å². The van der Waals surface area contributed by atoms with Gasteiger partial charge in [-0.15, -0.1) is 0 Å². The van der Waals surface area contributed by atoms with Gasteiger partial charge in [-0.25, -0.2) is 0 Å². The van der Waals surface area contributed by atoms with E-state index in [9.17, 15) is 4.79 Å². The van der Waals surface area contributed by atoms with Crippen LogP contribution in [0.15, 0.2) is 55.0 Å². The molecule has 0 unspecified atom stereocenters. The summed E-state index contributed by atoms with van der Waals surface area (Å²) in [6, 6.07) is 10.8. The van der Waals surface area contributed by atoms with E-state index in [1.807, 2.05) is 12.1 Å². The molecule has 0 radical (unpaired) electrons. The van der Waals surface area contributed by atoms with Crippen LogP contribution in [0.3, 0.4) is 0 Å². The highest BCUT2D eigenvalue weighted by molar-refractivity contribution is 6.13. The summed E-state index contributed by atoms with van der Waals surface area (Å²) in [7, 11) is 0. The van der Waals surface area contributed by atoms with Gasteiger partial charge in [0.25, 0.3) is 5.91 Å². The van der Waals surface area contributed by atoms with Gasteiger partial charge in [-0.3, -0.25) is 14.8 Å². The van der Waals surface area contributed by atoms with Crippen molar-refractivity contribution in [3.63, 3.8) is 0 Å².